The summed E-state index contributed by atoms with van der Waals surface area (Å²) >= 11 is 0. The zero-order chi connectivity index (χ0) is 17.9. The van der Waals surface area contributed by atoms with Gasteiger partial charge in [0.05, 0.1) is 26.4 Å². The molecule has 0 bridgehead atoms. The van der Waals surface area contributed by atoms with Crippen LogP contribution in [0.3, 0.4) is 0 Å². The van der Waals surface area contributed by atoms with E-state index in [1.807, 2.05) is 28.9 Å². The molecule has 1 rings (SSSR count). The lowest BCUT2D eigenvalue weighted by Crippen LogP contribution is -2.30. The minimum Gasteiger partial charge on any atom is -0.507 e. The van der Waals surface area contributed by atoms with Crippen molar-refractivity contribution >= 4 is 0 Å². The number of aryl methyl sites for hydroxylation is 1. The second kappa shape index (κ2) is 11.4. The van der Waals surface area contributed by atoms with Crippen molar-refractivity contribution in [2.45, 2.75) is 20.0 Å². The average Bonchev–Trinajstić information content (AvgIpc) is 2.53. The molecule has 5 N–H and O–H groups in total. The number of hydrogen-bond acceptors (Lipinski definition) is 7. The number of hydrogen-bond donors (Lipinski definition) is 5. The van der Waals surface area contributed by atoms with Crippen molar-refractivity contribution in [2.24, 2.45) is 0 Å². The molecule has 0 saturated carbocycles. The molecule has 0 unspecified atom stereocenters. The van der Waals surface area contributed by atoms with Crippen molar-refractivity contribution in [3.8, 4) is 5.75 Å². The fourth-order valence-electron chi connectivity index (χ4n) is 2.75. The smallest absolute Gasteiger partial charge is 0.122 e. The van der Waals surface area contributed by atoms with Crippen molar-refractivity contribution in [3.63, 3.8) is 0 Å². The van der Waals surface area contributed by atoms with Gasteiger partial charge in [-0.2, -0.15) is 0 Å². The molecule has 0 aromatic heterocycles. The van der Waals surface area contributed by atoms with E-state index in [0.29, 0.717) is 39.3 Å². The molecule has 0 aliphatic heterocycles. The van der Waals surface area contributed by atoms with E-state index in [2.05, 4.69) is 0 Å². The normalized spacial score (nSPS) is 11.6. The van der Waals surface area contributed by atoms with Gasteiger partial charge in [-0.15, -0.1) is 0 Å². The number of nitrogens with zero attached hydrogens (tertiary/aromatic N) is 2. The second-order valence-corrected chi connectivity index (χ2v) is 5.87. The molecule has 0 saturated heterocycles. The predicted molar refractivity (Wildman–Crippen MR) is 91.7 cm³/mol. The Kier molecular flexibility index (Phi) is 9.85. The maximum atomic E-state index is 10.3. The zero-order valence-electron chi connectivity index (χ0n) is 14.4. The van der Waals surface area contributed by atoms with Crippen LogP contribution in [0, 0.1) is 6.92 Å². The van der Waals surface area contributed by atoms with Crippen molar-refractivity contribution in [3.05, 3.63) is 28.8 Å². The van der Waals surface area contributed by atoms with Gasteiger partial charge in [0.25, 0.3) is 0 Å². The number of phenolic OH excluding ortho intramolecular Hbond substituents is 1. The lowest BCUT2D eigenvalue weighted by atomic mass is 10.0. The highest BCUT2D eigenvalue weighted by Gasteiger charge is 2.13. The van der Waals surface area contributed by atoms with Gasteiger partial charge in [-0.05, 0) is 24.1 Å². The SMILES string of the molecule is Cc1cc(CN(CCO)CCO)cc(CN(CCO)CCO)c1O. The van der Waals surface area contributed by atoms with Crippen molar-refractivity contribution in [2.75, 3.05) is 52.6 Å². The van der Waals surface area contributed by atoms with Crippen LogP contribution in [0.15, 0.2) is 12.1 Å². The molecule has 0 aliphatic rings. The molecular weight excluding hydrogens is 312 g/mol. The maximum absolute atomic E-state index is 10.3. The highest BCUT2D eigenvalue weighted by Crippen LogP contribution is 2.26. The summed E-state index contributed by atoms with van der Waals surface area (Å²) in [4.78, 5) is 3.81. The molecule has 0 radical (unpaired) electrons. The Morgan fingerprint density at radius 2 is 1.21 bits per heavy atom. The van der Waals surface area contributed by atoms with Crippen LogP contribution in [0.4, 0.5) is 0 Å². The van der Waals surface area contributed by atoms with Crippen LogP contribution >= 0.6 is 0 Å². The quantitative estimate of drug-likeness (QED) is 0.341. The maximum Gasteiger partial charge on any atom is 0.122 e. The third kappa shape index (κ3) is 6.72. The van der Waals surface area contributed by atoms with Crippen LogP contribution in [-0.4, -0.2) is 87.9 Å². The van der Waals surface area contributed by atoms with Crippen LogP contribution in [0.2, 0.25) is 0 Å². The van der Waals surface area contributed by atoms with Gasteiger partial charge in [0.15, 0.2) is 0 Å². The van der Waals surface area contributed by atoms with E-state index in [1.165, 1.54) is 0 Å². The zero-order valence-corrected chi connectivity index (χ0v) is 14.4. The Balaban J connectivity index is 2.94. The van der Waals surface area contributed by atoms with Crippen LogP contribution in [0.1, 0.15) is 16.7 Å². The van der Waals surface area contributed by atoms with Crippen molar-refractivity contribution in [1.29, 1.82) is 0 Å². The molecule has 1 aromatic rings. The first kappa shape index (κ1) is 20.8. The van der Waals surface area contributed by atoms with Gasteiger partial charge < -0.3 is 25.5 Å². The van der Waals surface area contributed by atoms with E-state index in [4.69, 9.17) is 20.4 Å². The van der Waals surface area contributed by atoms with Crippen molar-refractivity contribution < 1.29 is 25.5 Å². The predicted octanol–water partition coefficient (Wildman–Crippen LogP) is -0.726. The standard InChI is InChI=1S/C17H30N2O5/c1-14-10-15(12-18(2-6-20)3-7-21)11-16(17(14)24)13-19(4-8-22)5-9-23/h10-11,20-24H,2-9,12-13H2,1H3. The Morgan fingerprint density at radius 3 is 1.67 bits per heavy atom. The van der Waals surface area contributed by atoms with Gasteiger partial charge in [-0.1, -0.05) is 6.07 Å². The number of benzene rings is 1. The third-order valence-corrected chi connectivity index (χ3v) is 3.90. The average molecular weight is 342 g/mol. The molecule has 7 heteroatoms. The van der Waals surface area contributed by atoms with Gasteiger partial charge >= 0.3 is 0 Å². The molecule has 0 aliphatic carbocycles. The second-order valence-electron chi connectivity index (χ2n) is 5.87. The minimum atomic E-state index is -0.0137. The topological polar surface area (TPSA) is 108 Å². The molecule has 1 aromatic carbocycles. The number of aliphatic hydroxyl groups is 4. The number of aromatic hydroxyl groups is 1. The first-order valence-corrected chi connectivity index (χ1v) is 8.25. The molecule has 0 amide bonds. The molecule has 0 fully saturated rings. The lowest BCUT2D eigenvalue weighted by molar-refractivity contribution is 0.153. The fraction of sp³-hybridized carbons (Fsp3) is 0.647. The van der Waals surface area contributed by atoms with Crippen LogP contribution in [-0.2, 0) is 13.1 Å². The third-order valence-electron chi connectivity index (χ3n) is 3.90. The van der Waals surface area contributed by atoms with Crippen LogP contribution < -0.4 is 0 Å². The highest BCUT2D eigenvalue weighted by molar-refractivity contribution is 5.43. The summed E-state index contributed by atoms with van der Waals surface area (Å²) < 4.78 is 0. The van der Waals surface area contributed by atoms with Crippen LogP contribution in [0.5, 0.6) is 5.75 Å². The Morgan fingerprint density at radius 1 is 0.750 bits per heavy atom. The van der Waals surface area contributed by atoms with Gasteiger partial charge in [-0.3, -0.25) is 9.80 Å². The number of aliphatic hydroxyl groups excluding tert-OH is 4. The number of phenols is 1. The Labute approximate surface area is 143 Å². The summed E-state index contributed by atoms with van der Waals surface area (Å²) in [5, 5.41) is 46.8. The molecular formula is C17H30N2O5. The van der Waals surface area contributed by atoms with Gasteiger partial charge in [-0.25, -0.2) is 0 Å². The molecule has 138 valence electrons. The number of rotatable bonds is 12. The fourth-order valence-corrected chi connectivity index (χ4v) is 2.75. The van der Waals surface area contributed by atoms with Crippen molar-refractivity contribution in [1.82, 2.24) is 9.80 Å². The van der Waals surface area contributed by atoms with E-state index in [-0.39, 0.29) is 32.2 Å². The summed E-state index contributed by atoms with van der Waals surface area (Å²) in [6, 6.07) is 3.79. The first-order valence-electron chi connectivity index (χ1n) is 8.25. The van der Waals surface area contributed by atoms with Crippen LogP contribution in [0.25, 0.3) is 0 Å². The van der Waals surface area contributed by atoms with E-state index in [0.717, 1.165) is 16.7 Å². The minimum absolute atomic E-state index is 0.0137. The van der Waals surface area contributed by atoms with Gasteiger partial charge in [0.2, 0.25) is 0 Å². The molecule has 7 nitrogen and oxygen atoms in total. The Hall–Kier alpha value is -1.22. The van der Waals surface area contributed by atoms with Gasteiger partial charge in [0.1, 0.15) is 5.75 Å². The Bertz CT molecular complexity index is 472. The first-order chi connectivity index (χ1) is 11.5. The summed E-state index contributed by atoms with van der Waals surface area (Å²) in [5.74, 6) is 0.218. The summed E-state index contributed by atoms with van der Waals surface area (Å²) in [6.45, 7) is 4.61. The molecule has 24 heavy (non-hydrogen) atoms. The highest BCUT2D eigenvalue weighted by atomic mass is 16.3. The molecule has 0 spiro atoms. The van der Waals surface area contributed by atoms with E-state index in [1.54, 1.807) is 0 Å². The largest absolute Gasteiger partial charge is 0.507 e. The van der Waals surface area contributed by atoms with E-state index in [9.17, 15) is 5.11 Å². The lowest BCUT2D eigenvalue weighted by Gasteiger charge is -2.24. The summed E-state index contributed by atoms with van der Waals surface area (Å²) in [7, 11) is 0. The molecule has 0 atom stereocenters. The summed E-state index contributed by atoms with van der Waals surface area (Å²) in [5.41, 5.74) is 2.47. The monoisotopic (exact) mass is 342 g/mol. The van der Waals surface area contributed by atoms with Gasteiger partial charge in [0, 0.05) is 44.8 Å². The van der Waals surface area contributed by atoms with E-state index >= 15 is 0 Å². The van der Waals surface area contributed by atoms with E-state index < -0.39 is 0 Å². The summed E-state index contributed by atoms with van der Waals surface area (Å²) in [6.07, 6.45) is 0. The molecule has 0 heterocycles.